The van der Waals surface area contributed by atoms with Crippen LogP contribution in [0.25, 0.3) is 0 Å². The highest BCUT2D eigenvalue weighted by molar-refractivity contribution is 5.80. The average molecular weight is 258 g/mol. The van der Waals surface area contributed by atoms with Gasteiger partial charge in [0.1, 0.15) is 5.54 Å². The summed E-state index contributed by atoms with van der Waals surface area (Å²) in [4.78, 5) is 23.6. The van der Waals surface area contributed by atoms with Crippen LogP contribution in [0.1, 0.15) is 33.6 Å². The molecule has 1 heterocycles. The van der Waals surface area contributed by atoms with Gasteiger partial charge in [-0.2, -0.15) is 0 Å². The lowest BCUT2D eigenvalue weighted by Gasteiger charge is -2.40. The van der Waals surface area contributed by atoms with Crippen LogP contribution in [0.5, 0.6) is 0 Å². The molecule has 1 amide bonds. The first-order chi connectivity index (χ1) is 8.16. The number of amides is 1. The molecule has 0 spiro atoms. The Balaban J connectivity index is 2.80. The third-order valence-electron chi connectivity index (χ3n) is 3.29. The Morgan fingerprint density at radius 2 is 1.94 bits per heavy atom. The van der Waals surface area contributed by atoms with Gasteiger partial charge in [-0.1, -0.05) is 20.8 Å². The van der Waals surface area contributed by atoms with Gasteiger partial charge in [0.05, 0.1) is 6.54 Å². The smallest absolute Gasteiger partial charge is 0.407 e. The quantitative estimate of drug-likeness (QED) is 0.708. The fraction of sp³-hybridized carbons (Fsp3) is 0.833. The summed E-state index contributed by atoms with van der Waals surface area (Å²) in [5.41, 5.74) is -1.13. The minimum absolute atomic E-state index is 0.00769. The summed E-state index contributed by atoms with van der Waals surface area (Å²) in [6, 6.07) is 0. The fourth-order valence-corrected chi connectivity index (χ4v) is 2.06. The van der Waals surface area contributed by atoms with E-state index >= 15 is 0 Å². The van der Waals surface area contributed by atoms with E-state index in [0.717, 1.165) is 6.42 Å². The molecule has 1 rings (SSSR count). The maximum Gasteiger partial charge on any atom is 0.407 e. The third kappa shape index (κ3) is 3.60. The van der Waals surface area contributed by atoms with E-state index in [1.165, 1.54) is 4.90 Å². The van der Waals surface area contributed by atoms with Gasteiger partial charge in [0, 0.05) is 13.1 Å². The van der Waals surface area contributed by atoms with Gasteiger partial charge >= 0.3 is 12.1 Å². The van der Waals surface area contributed by atoms with Crippen molar-refractivity contribution >= 4 is 12.1 Å². The first-order valence-electron chi connectivity index (χ1n) is 6.13. The molecule has 0 aromatic rings. The molecule has 1 aliphatic heterocycles. The first kappa shape index (κ1) is 14.8. The Morgan fingerprint density at radius 1 is 1.33 bits per heavy atom. The molecule has 0 radical (unpaired) electrons. The van der Waals surface area contributed by atoms with Crippen molar-refractivity contribution in [2.75, 3.05) is 19.6 Å². The molecule has 1 atom stereocenters. The molecule has 6 nitrogen and oxygen atoms in total. The van der Waals surface area contributed by atoms with Crippen molar-refractivity contribution in [1.29, 1.82) is 0 Å². The molecule has 3 N–H and O–H groups in total. The van der Waals surface area contributed by atoms with Crippen LogP contribution >= 0.6 is 0 Å². The van der Waals surface area contributed by atoms with E-state index in [0.29, 0.717) is 19.5 Å². The Bertz CT molecular complexity index is 337. The van der Waals surface area contributed by atoms with Gasteiger partial charge < -0.3 is 15.1 Å². The molecule has 0 aromatic heterocycles. The van der Waals surface area contributed by atoms with Gasteiger partial charge in [0.2, 0.25) is 0 Å². The molecule has 1 unspecified atom stereocenters. The van der Waals surface area contributed by atoms with Gasteiger partial charge in [-0.25, -0.2) is 4.79 Å². The highest BCUT2D eigenvalue weighted by Crippen LogP contribution is 2.27. The van der Waals surface area contributed by atoms with E-state index in [2.05, 4.69) is 5.32 Å². The van der Waals surface area contributed by atoms with E-state index in [9.17, 15) is 14.7 Å². The number of nitrogens with one attached hydrogen (secondary N) is 1. The Morgan fingerprint density at radius 3 is 2.39 bits per heavy atom. The van der Waals surface area contributed by atoms with Gasteiger partial charge in [-0.3, -0.25) is 10.1 Å². The van der Waals surface area contributed by atoms with Crippen LogP contribution in [0.3, 0.4) is 0 Å². The highest BCUT2D eigenvalue weighted by atomic mass is 16.4. The number of hydrogen-bond donors (Lipinski definition) is 3. The van der Waals surface area contributed by atoms with E-state index in [1.807, 2.05) is 20.8 Å². The number of carboxylic acids is 1. The standard InChI is InChI=1S/C12H22N2O4/c1-11(2,3)4-5-12(9(15)16)8-14(10(17)18)7-6-13-12/h13H,4-8H2,1-3H3,(H,15,16)(H,17,18). The van der Waals surface area contributed by atoms with Crippen molar-refractivity contribution in [3.05, 3.63) is 0 Å². The van der Waals surface area contributed by atoms with Crippen molar-refractivity contribution in [1.82, 2.24) is 10.2 Å². The maximum absolute atomic E-state index is 11.5. The second-order valence-electron chi connectivity index (χ2n) is 6.08. The van der Waals surface area contributed by atoms with Crippen LogP contribution in [0.15, 0.2) is 0 Å². The molecule has 6 heteroatoms. The van der Waals surface area contributed by atoms with Gasteiger partial charge in [0.15, 0.2) is 0 Å². The molecular formula is C12H22N2O4. The lowest BCUT2D eigenvalue weighted by molar-refractivity contribution is -0.147. The fourth-order valence-electron chi connectivity index (χ4n) is 2.06. The highest BCUT2D eigenvalue weighted by Gasteiger charge is 2.43. The molecule has 0 saturated carbocycles. The minimum Gasteiger partial charge on any atom is -0.480 e. The minimum atomic E-state index is -1.15. The monoisotopic (exact) mass is 258 g/mol. The van der Waals surface area contributed by atoms with Crippen LogP contribution in [0.4, 0.5) is 4.79 Å². The summed E-state index contributed by atoms with van der Waals surface area (Å²) in [6.07, 6.45) is 0.0907. The predicted octanol–water partition coefficient (Wildman–Crippen LogP) is 1.22. The topological polar surface area (TPSA) is 89.9 Å². The molecule has 1 aliphatic rings. The number of carbonyl (C=O) groups is 2. The zero-order valence-corrected chi connectivity index (χ0v) is 11.2. The molecule has 0 aliphatic carbocycles. The van der Waals surface area contributed by atoms with Crippen LogP contribution in [-0.4, -0.2) is 52.3 Å². The van der Waals surface area contributed by atoms with Gasteiger partial charge in [-0.15, -0.1) is 0 Å². The summed E-state index contributed by atoms with van der Waals surface area (Å²) in [7, 11) is 0. The lowest BCUT2D eigenvalue weighted by atomic mass is 9.82. The summed E-state index contributed by atoms with van der Waals surface area (Å²) >= 11 is 0. The van der Waals surface area contributed by atoms with Crippen LogP contribution in [0.2, 0.25) is 0 Å². The summed E-state index contributed by atoms with van der Waals surface area (Å²) < 4.78 is 0. The van der Waals surface area contributed by atoms with Crippen molar-refractivity contribution in [2.24, 2.45) is 5.41 Å². The molecule has 104 valence electrons. The maximum atomic E-state index is 11.5. The number of nitrogens with zero attached hydrogens (tertiary/aromatic N) is 1. The second kappa shape index (κ2) is 5.14. The number of rotatable bonds is 3. The van der Waals surface area contributed by atoms with Crippen LogP contribution < -0.4 is 5.32 Å². The largest absolute Gasteiger partial charge is 0.480 e. The van der Waals surface area contributed by atoms with Crippen molar-refractivity contribution < 1.29 is 19.8 Å². The normalized spacial score (nSPS) is 24.9. The van der Waals surface area contributed by atoms with Crippen LogP contribution in [0, 0.1) is 5.41 Å². The Kier molecular flexibility index (Phi) is 4.21. The second-order valence-corrected chi connectivity index (χ2v) is 6.08. The number of aliphatic carboxylic acids is 1. The molecule has 0 aromatic carbocycles. The lowest BCUT2D eigenvalue weighted by Crippen LogP contribution is -2.65. The van der Waals surface area contributed by atoms with Crippen molar-refractivity contribution in [3.8, 4) is 0 Å². The van der Waals surface area contributed by atoms with Gasteiger partial charge in [0.25, 0.3) is 0 Å². The zero-order chi connectivity index (χ0) is 14.0. The van der Waals surface area contributed by atoms with E-state index < -0.39 is 17.6 Å². The summed E-state index contributed by atoms with van der Waals surface area (Å²) in [5.74, 6) is -0.974. The van der Waals surface area contributed by atoms with E-state index in [-0.39, 0.29) is 12.0 Å². The molecular weight excluding hydrogens is 236 g/mol. The Labute approximate surface area is 107 Å². The summed E-state index contributed by atoms with van der Waals surface area (Å²) in [6.45, 7) is 6.84. The van der Waals surface area contributed by atoms with Gasteiger partial charge in [-0.05, 0) is 18.3 Å². The number of piperazine rings is 1. The summed E-state index contributed by atoms with van der Waals surface area (Å²) in [5, 5.41) is 21.4. The number of hydrogen-bond acceptors (Lipinski definition) is 3. The molecule has 1 saturated heterocycles. The van der Waals surface area contributed by atoms with Crippen molar-refractivity contribution in [3.63, 3.8) is 0 Å². The Hall–Kier alpha value is -1.30. The molecule has 1 fully saturated rings. The molecule has 18 heavy (non-hydrogen) atoms. The third-order valence-corrected chi connectivity index (χ3v) is 3.29. The first-order valence-corrected chi connectivity index (χ1v) is 6.13. The van der Waals surface area contributed by atoms with Crippen LogP contribution in [-0.2, 0) is 4.79 Å². The van der Waals surface area contributed by atoms with E-state index in [1.54, 1.807) is 0 Å². The molecule has 0 bridgehead atoms. The SMILES string of the molecule is CC(C)(C)CCC1(C(=O)O)CN(C(=O)O)CCN1. The average Bonchev–Trinajstić information content (AvgIpc) is 2.25. The van der Waals surface area contributed by atoms with Crippen molar-refractivity contribution in [2.45, 2.75) is 39.2 Å². The van der Waals surface area contributed by atoms with E-state index in [4.69, 9.17) is 5.11 Å². The zero-order valence-electron chi connectivity index (χ0n) is 11.2. The number of carboxylic acid groups (broad SMARTS) is 2. The predicted molar refractivity (Wildman–Crippen MR) is 66.7 cm³/mol.